The van der Waals surface area contributed by atoms with Gasteiger partial charge in [-0.05, 0) is 66.2 Å². The number of hydrogen-bond acceptors (Lipinski definition) is 5. The molecular weight excluding hydrogens is 474 g/mol. The third kappa shape index (κ3) is 5.47. The Bertz CT molecular complexity index is 1240. The maximum Gasteiger partial charge on any atom is 0.248 e. The van der Waals surface area contributed by atoms with E-state index in [1.807, 2.05) is 0 Å². The van der Waals surface area contributed by atoms with Crippen LogP contribution in [0.15, 0.2) is 77.7 Å². The van der Waals surface area contributed by atoms with Crippen molar-refractivity contribution < 1.29 is 19.2 Å². The van der Waals surface area contributed by atoms with Gasteiger partial charge in [0.25, 0.3) is 0 Å². The van der Waals surface area contributed by atoms with E-state index < -0.39 is 11.2 Å². The molecule has 34 heavy (non-hydrogen) atoms. The summed E-state index contributed by atoms with van der Waals surface area (Å²) in [5, 5.41) is 2.89. The highest BCUT2D eigenvalue weighted by Crippen LogP contribution is 2.34. The lowest BCUT2D eigenvalue weighted by molar-refractivity contribution is -0.121. The molecule has 0 radical (unpaired) electrons. The molecule has 0 bridgehead atoms. The second-order valence-corrected chi connectivity index (χ2v) is 9.38. The largest absolute Gasteiger partial charge is 0.366 e. The molecule has 172 valence electrons. The zero-order valence-electron chi connectivity index (χ0n) is 17.9. The van der Waals surface area contributed by atoms with Crippen molar-refractivity contribution in [3.8, 4) is 0 Å². The van der Waals surface area contributed by atoms with E-state index in [1.165, 1.54) is 36.0 Å². The number of benzene rings is 3. The summed E-state index contributed by atoms with van der Waals surface area (Å²) in [6.45, 7) is 0. The van der Waals surface area contributed by atoms with Crippen molar-refractivity contribution in [2.24, 2.45) is 5.73 Å². The summed E-state index contributed by atoms with van der Waals surface area (Å²) in [5.41, 5.74) is 7.43. The molecule has 0 spiro atoms. The normalized spacial score (nSPS) is 15.4. The number of thioether (sulfide) groups is 1. The fourth-order valence-corrected chi connectivity index (χ4v) is 4.70. The van der Waals surface area contributed by atoms with Crippen LogP contribution in [0.4, 0.5) is 11.4 Å². The number of carbonyl (C=O) groups is 4. The van der Waals surface area contributed by atoms with Gasteiger partial charge in [0.2, 0.25) is 23.6 Å². The van der Waals surface area contributed by atoms with Crippen LogP contribution in [-0.2, 0) is 20.8 Å². The molecule has 1 atom stereocenters. The molecule has 4 amide bonds. The maximum atomic E-state index is 12.9. The molecule has 1 aliphatic rings. The number of nitrogens with zero attached hydrogens (tertiary/aromatic N) is 1. The maximum absolute atomic E-state index is 12.9. The van der Waals surface area contributed by atoms with Crippen LogP contribution in [0.5, 0.6) is 0 Å². The monoisotopic (exact) mass is 493 g/mol. The van der Waals surface area contributed by atoms with E-state index in [-0.39, 0.29) is 30.6 Å². The van der Waals surface area contributed by atoms with Crippen LogP contribution in [0.1, 0.15) is 22.3 Å². The first-order valence-electron chi connectivity index (χ1n) is 10.4. The molecule has 1 saturated heterocycles. The van der Waals surface area contributed by atoms with Crippen molar-refractivity contribution in [3.05, 3.63) is 88.9 Å². The quantitative estimate of drug-likeness (QED) is 0.483. The van der Waals surface area contributed by atoms with E-state index in [0.717, 1.165) is 15.4 Å². The number of amides is 4. The summed E-state index contributed by atoms with van der Waals surface area (Å²) in [4.78, 5) is 50.8. The van der Waals surface area contributed by atoms with Crippen molar-refractivity contribution in [2.75, 3.05) is 10.2 Å². The Balaban J connectivity index is 1.36. The molecule has 1 aliphatic heterocycles. The van der Waals surface area contributed by atoms with E-state index in [9.17, 15) is 19.2 Å². The summed E-state index contributed by atoms with van der Waals surface area (Å²) < 4.78 is 0. The number of imide groups is 1. The lowest BCUT2D eigenvalue weighted by Gasteiger charge is -2.15. The highest BCUT2D eigenvalue weighted by molar-refractivity contribution is 8.00. The van der Waals surface area contributed by atoms with Gasteiger partial charge in [-0.25, -0.2) is 4.90 Å². The Morgan fingerprint density at radius 2 is 1.62 bits per heavy atom. The second-order valence-electron chi connectivity index (χ2n) is 7.66. The molecule has 9 heteroatoms. The SMILES string of the molecule is NC(=O)c1ccc(N2C(=O)CC(Sc3ccc(NC(=O)Cc4ccc(Cl)cc4)cc3)C2=O)cc1. The Morgan fingerprint density at radius 3 is 2.24 bits per heavy atom. The molecule has 1 heterocycles. The van der Waals surface area contributed by atoms with E-state index in [1.54, 1.807) is 48.5 Å². The first kappa shape index (κ1) is 23.5. The van der Waals surface area contributed by atoms with Crippen molar-refractivity contribution >= 4 is 58.4 Å². The molecule has 1 unspecified atom stereocenters. The predicted molar refractivity (Wildman–Crippen MR) is 132 cm³/mol. The number of nitrogens with two attached hydrogens (primary N) is 1. The zero-order valence-corrected chi connectivity index (χ0v) is 19.4. The molecule has 0 aliphatic carbocycles. The van der Waals surface area contributed by atoms with Gasteiger partial charge in [0.05, 0.1) is 17.4 Å². The van der Waals surface area contributed by atoms with Crippen molar-refractivity contribution in [2.45, 2.75) is 23.0 Å². The summed E-state index contributed by atoms with van der Waals surface area (Å²) in [7, 11) is 0. The van der Waals surface area contributed by atoms with Crippen LogP contribution in [0.25, 0.3) is 0 Å². The van der Waals surface area contributed by atoms with Crippen LogP contribution < -0.4 is 16.0 Å². The molecule has 3 aromatic carbocycles. The average Bonchev–Trinajstić information content (AvgIpc) is 3.09. The number of primary amides is 1. The van der Waals surface area contributed by atoms with Gasteiger partial charge in [0.1, 0.15) is 0 Å². The number of halogens is 1. The molecule has 3 aromatic rings. The summed E-state index contributed by atoms with van der Waals surface area (Å²) >= 11 is 7.16. The first-order chi connectivity index (χ1) is 16.3. The molecule has 0 aromatic heterocycles. The standard InChI is InChI=1S/C25H20ClN3O4S/c26-17-5-1-15(2-6-17)13-22(30)28-18-7-11-20(12-8-18)34-21-14-23(31)29(25(21)33)19-9-3-16(4-10-19)24(27)32/h1-12,21H,13-14H2,(H2,27,32)(H,28,30). The van der Waals surface area contributed by atoms with Gasteiger partial charge >= 0.3 is 0 Å². The molecule has 3 N–H and O–H groups in total. The number of carbonyl (C=O) groups excluding carboxylic acids is 4. The smallest absolute Gasteiger partial charge is 0.248 e. The minimum Gasteiger partial charge on any atom is -0.366 e. The Kier molecular flexibility index (Phi) is 7.00. The predicted octanol–water partition coefficient (Wildman–Crippen LogP) is 4.04. The first-order valence-corrected chi connectivity index (χ1v) is 11.6. The molecule has 0 saturated carbocycles. The van der Waals surface area contributed by atoms with Crippen LogP contribution in [-0.4, -0.2) is 28.9 Å². The Labute approximate surface area is 205 Å². The van der Waals surface area contributed by atoms with Gasteiger partial charge in [0, 0.05) is 27.6 Å². The number of nitrogens with one attached hydrogen (secondary N) is 1. The summed E-state index contributed by atoms with van der Waals surface area (Å²) in [6.07, 6.45) is 0.295. The molecule has 4 rings (SSSR count). The number of hydrogen-bond donors (Lipinski definition) is 2. The van der Waals surface area contributed by atoms with Crippen LogP contribution in [0.2, 0.25) is 5.02 Å². The third-order valence-electron chi connectivity index (χ3n) is 5.21. The lowest BCUT2D eigenvalue weighted by Crippen LogP contribution is -2.31. The third-order valence-corrected chi connectivity index (χ3v) is 6.66. The van der Waals surface area contributed by atoms with E-state index in [4.69, 9.17) is 17.3 Å². The van der Waals surface area contributed by atoms with Gasteiger partial charge < -0.3 is 11.1 Å². The molecular formula is C25H20ClN3O4S. The van der Waals surface area contributed by atoms with Crippen LogP contribution in [0, 0.1) is 0 Å². The molecule has 1 fully saturated rings. The van der Waals surface area contributed by atoms with Gasteiger partial charge in [-0.2, -0.15) is 0 Å². The zero-order chi connectivity index (χ0) is 24.2. The van der Waals surface area contributed by atoms with Gasteiger partial charge in [0.15, 0.2) is 0 Å². The lowest BCUT2D eigenvalue weighted by atomic mass is 10.1. The van der Waals surface area contributed by atoms with Crippen molar-refractivity contribution in [1.29, 1.82) is 0 Å². The number of anilines is 2. The highest BCUT2D eigenvalue weighted by Gasteiger charge is 2.40. The fraction of sp³-hybridized carbons (Fsp3) is 0.120. The summed E-state index contributed by atoms with van der Waals surface area (Å²) in [6, 6.07) is 20.2. The Morgan fingerprint density at radius 1 is 0.971 bits per heavy atom. The number of rotatable bonds is 7. The van der Waals surface area contributed by atoms with Gasteiger partial charge in [-0.1, -0.05) is 23.7 Å². The van der Waals surface area contributed by atoms with Gasteiger partial charge in [-0.3, -0.25) is 19.2 Å². The highest BCUT2D eigenvalue weighted by atomic mass is 35.5. The van der Waals surface area contributed by atoms with E-state index >= 15 is 0 Å². The van der Waals surface area contributed by atoms with Crippen LogP contribution >= 0.6 is 23.4 Å². The minimum absolute atomic E-state index is 0.0701. The fourth-order valence-electron chi connectivity index (χ4n) is 3.52. The topological polar surface area (TPSA) is 110 Å². The van der Waals surface area contributed by atoms with Crippen molar-refractivity contribution in [3.63, 3.8) is 0 Å². The van der Waals surface area contributed by atoms with Crippen molar-refractivity contribution in [1.82, 2.24) is 0 Å². The van der Waals surface area contributed by atoms with E-state index in [2.05, 4.69) is 5.32 Å². The Hall–Kier alpha value is -3.62. The van der Waals surface area contributed by atoms with Crippen LogP contribution in [0.3, 0.4) is 0 Å². The average molecular weight is 494 g/mol. The van der Waals surface area contributed by atoms with E-state index in [0.29, 0.717) is 22.0 Å². The summed E-state index contributed by atoms with van der Waals surface area (Å²) in [5.74, 6) is -1.36. The minimum atomic E-state index is -0.580. The molecule has 7 nitrogen and oxygen atoms in total. The second kappa shape index (κ2) is 10.1. The van der Waals surface area contributed by atoms with Gasteiger partial charge in [-0.15, -0.1) is 11.8 Å².